The minimum Gasteiger partial charge on any atom is -0.496 e. The first-order valence-corrected chi connectivity index (χ1v) is 6.81. The number of rotatable bonds is 6. The molecule has 0 aliphatic rings. The highest BCUT2D eigenvalue weighted by Gasteiger charge is 2.33. The quantitative estimate of drug-likeness (QED) is 0.813. The average Bonchev–Trinajstić information content (AvgIpc) is 3.05. The number of carbonyl (C=O) groups is 1. The van der Waals surface area contributed by atoms with E-state index in [4.69, 9.17) is 9.15 Å². The Balaban J connectivity index is 2.57. The van der Waals surface area contributed by atoms with E-state index in [1.165, 1.54) is 0 Å². The molecule has 0 aliphatic heterocycles. The lowest BCUT2D eigenvalue weighted by atomic mass is 9.81. The fourth-order valence-electron chi connectivity index (χ4n) is 2.44. The zero-order chi connectivity index (χ0) is 15.2. The van der Waals surface area contributed by atoms with Gasteiger partial charge in [0.15, 0.2) is 5.78 Å². The molecule has 0 unspecified atom stereocenters. The first-order chi connectivity index (χ1) is 10.2. The van der Waals surface area contributed by atoms with Crippen LogP contribution in [0.3, 0.4) is 0 Å². The monoisotopic (exact) mass is 283 g/mol. The second kappa shape index (κ2) is 6.76. The zero-order valence-corrected chi connectivity index (χ0v) is 12.1. The maximum absolute atomic E-state index is 12.1. The van der Waals surface area contributed by atoms with Gasteiger partial charge in [-0.05, 0) is 18.2 Å². The highest BCUT2D eigenvalue weighted by molar-refractivity contribution is 5.84. The number of nitriles is 1. The van der Waals surface area contributed by atoms with E-state index in [1.54, 1.807) is 32.4 Å². The molecule has 0 N–H and O–H groups in total. The van der Waals surface area contributed by atoms with E-state index in [2.05, 4.69) is 6.07 Å². The summed E-state index contributed by atoms with van der Waals surface area (Å²) in [5, 5.41) is 9.47. The van der Waals surface area contributed by atoms with Crippen LogP contribution in [0, 0.1) is 17.2 Å². The Kier molecular flexibility index (Phi) is 4.78. The number of benzene rings is 1. The smallest absolute Gasteiger partial charge is 0.150 e. The van der Waals surface area contributed by atoms with Gasteiger partial charge >= 0.3 is 0 Å². The summed E-state index contributed by atoms with van der Waals surface area (Å²) in [5.41, 5.74) is 0.781. The van der Waals surface area contributed by atoms with Gasteiger partial charge in [0.05, 0.1) is 25.4 Å². The number of para-hydroxylation sites is 1. The molecule has 0 saturated carbocycles. The number of hydrogen-bond acceptors (Lipinski definition) is 4. The van der Waals surface area contributed by atoms with Gasteiger partial charge in [0.2, 0.25) is 0 Å². The third kappa shape index (κ3) is 2.97. The van der Waals surface area contributed by atoms with Gasteiger partial charge in [0, 0.05) is 12.0 Å². The number of carbonyl (C=O) groups excluding carboxylic acids is 1. The molecule has 4 heteroatoms. The number of ketones is 1. The Hall–Kier alpha value is -2.54. The molecule has 0 bridgehead atoms. The molecule has 1 aromatic carbocycles. The van der Waals surface area contributed by atoms with Crippen molar-refractivity contribution < 1.29 is 13.9 Å². The van der Waals surface area contributed by atoms with Crippen molar-refractivity contribution in [2.24, 2.45) is 5.92 Å². The van der Waals surface area contributed by atoms with Crippen molar-refractivity contribution in [3.05, 3.63) is 54.0 Å². The average molecular weight is 283 g/mol. The van der Waals surface area contributed by atoms with Gasteiger partial charge in [-0.3, -0.25) is 4.79 Å². The molecule has 0 spiro atoms. The van der Waals surface area contributed by atoms with E-state index in [1.807, 2.05) is 24.3 Å². The van der Waals surface area contributed by atoms with Gasteiger partial charge in [0.1, 0.15) is 17.4 Å². The summed E-state index contributed by atoms with van der Waals surface area (Å²) in [6, 6.07) is 13.0. The van der Waals surface area contributed by atoms with Gasteiger partial charge in [-0.25, -0.2) is 0 Å². The molecule has 2 rings (SSSR count). The van der Waals surface area contributed by atoms with Crippen molar-refractivity contribution >= 4 is 5.78 Å². The molecule has 1 aromatic heterocycles. The Morgan fingerprint density at radius 1 is 1.33 bits per heavy atom. The second-order valence-electron chi connectivity index (χ2n) is 4.66. The normalized spacial score (nSPS) is 13.2. The minimum absolute atomic E-state index is 0.107. The van der Waals surface area contributed by atoms with Crippen LogP contribution >= 0.6 is 0 Å². The lowest BCUT2D eigenvalue weighted by molar-refractivity contribution is -0.121. The number of hydrogen-bond donors (Lipinski definition) is 0. The Morgan fingerprint density at radius 3 is 2.67 bits per heavy atom. The van der Waals surface area contributed by atoms with Crippen LogP contribution in [0.2, 0.25) is 0 Å². The van der Waals surface area contributed by atoms with Crippen molar-refractivity contribution in [2.75, 3.05) is 7.11 Å². The Bertz CT molecular complexity index is 640. The van der Waals surface area contributed by atoms with Crippen LogP contribution in [-0.4, -0.2) is 12.9 Å². The molecule has 0 amide bonds. The third-order valence-electron chi connectivity index (χ3n) is 3.49. The van der Waals surface area contributed by atoms with Gasteiger partial charge in [0.25, 0.3) is 0 Å². The molecule has 0 fully saturated rings. The maximum Gasteiger partial charge on any atom is 0.150 e. The molecule has 0 radical (unpaired) electrons. The number of furan rings is 1. The van der Waals surface area contributed by atoms with Crippen molar-refractivity contribution in [3.63, 3.8) is 0 Å². The summed E-state index contributed by atoms with van der Waals surface area (Å²) in [5.74, 6) is -0.133. The lowest BCUT2D eigenvalue weighted by Crippen LogP contribution is -2.21. The topological polar surface area (TPSA) is 63.2 Å². The van der Waals surface area contributed by atoms with Crippen LogP contribution in [0.25, 0.3) is 0 Å². The summed E-state index contributed by atoms with van der Waals surface area (Å²) in [6.07, 6.45) is 1.85. The highest BCUT2D eigenvalue weighted by atomic mass is 16.5. The predicted molar refractivity (Wildman–Crippen MR) is 77.9 cm³/mol. The van der Waals surface area contributed by atoms with Gasteiger partial charge in [-0.1, -0.05) is 25.1 Å². The molecule has 108 valence electrons. The van der Waals surface area contributed by atoms with Crippen LogP contribution in [-0.2, 0) is 4.79 Å². The maximum atomic E-state index is 12.1. The zero-order valence-electron chi connectivity index (χ0n) is 12.1. The fourth-order valence-corrected chi connectivity index (χ4v) is 2.44. The van der Waals surface area contributed by atoms with Crippen molar-refractivity contribution in [2.45, 2.75) is 19.3 Å². The summed E-state index contributed by atoms with van der Waals surface area (Å²) >= 11 is 0. The van der Waals surface area contributed by atoms with Crippen LogP contribution in [0.1, 0.15) is 30.6 Å². The van der Waals surface area contributed by atoms with Crippen molar-refractivity contribution in [1.82, 2.24) is 0 Å². The first-order valence-electron chi connectivity index (χ1n) is 6.81. The summed E-state index contributed by atoms with van der Waals surface area (Å²) < 4.78 is 10.8. The fraction of sp³-hybridized carbons (Fsp3) is 0.294. The van der Waals surface area contributed by atoms with Crippen LogP contribution < -0.4 is 4.74 Å². The molecule has 0 aliphatic carbocycles. The molecule has 1 heterocycles. The standard InChI is InChI=1S/C17H17NO3/c1-3-14(19)13(11-18)17(16-9-6-10-21-16)12-7-4-5-8-15(12)20-2/h4-10,13,17H,3H2,1-2H3/t13-,17+/m0/s1. The SMILES string of the molecule is CCC(=O)[C@H](C#N)[C@H](c1ccco1)c1ccccc1OC. The second-order valence-corrected chi connectivity index (χ2v) is 4.66. The van der Waals surface area contributed by atoms with E-state index in [0.717, 1.165) is 5.56 Å². The number of Topliss-reactive ketones (excluding diaryl/α,β-unsaturated/α-hetero) is 1. The number of nitrogens with zero attached hydrogens (tertiary/aromatic N) is 1. The summed E-state index contributed by atoms with van der Waals surface area (Å²) in [4.78, 5) is 12.1. The molecule has 4 nitrogen and oxygen atoms in total. The molecular formula is C17H17NO3. The summed E-state index contributed by atoms with van der Waals surface area (Å²) in [6.45, 7) is 1.76. The van der Waals surface area contributed by atoms with E-state index >= 15 is 0 Å². The number of ether oxygens (including phenoxy) is 1. The van der Waals surface area contributed by atoms with Crippen molar-refractivity contribution in [1.29, 1.82) is 5.26 Å². The molecule has 21 heavy (non-hydrogen) atoms. The van der Waals surface area contributed by atoms with E-state index in [0.29, 0.717) is 17.9 Å². The van der Waals surface area contributed by atoms with E-state index in [9.17, 15) is 10.1 Å². The van der Waals surface area contributed by atoms with E-state index < -0.39 is 11.8 Å². The van der Waals surface area contributed by atoms with Gasteiger partial charge in [-0.2, -0.15) is 5.26 Å². The van der Waals surface area contributed by atoms with Crippen LogP contribution in [0.15, 0.2) is 47.1 Å². The van der Waals surface area contributed by atoms with Crippen LogP contribution in [0.5, 0.6) is 5.75 Å². The largest absolute Gasteiger partial charge is 0.496 e. The summed E-state index contributed by atoms with van der Waals surface area (Å²) in [7, 11) is 1.57. The Labute approximate surface area is 124 Å². The Morgan fingerprint density at radius 2 is 2.10 bits per heavy atom. The molecule has 2 aromatic rings. The van der Waals surface area contributed by atoms with Gasteiger partial charge in [-0.15, -0.1) is 0 Å². The van der Waals surface area contributed by atoms with Crippen LogP contribution in [0.4, 0.5) is 0 Å². The molecule has 0 saturated heterocycles. The number of methoxy groups -OCH3 is 1. The predicted octanol–water partition coefficient (Wildman–Crippen LogP) is 3.54. The molecular weight excluding hydrogens is 266 g/mol. The van der Waals surface area contributed by atoms with Gasteiger partial charge < -0.3 is 9.15 Å². The molecule has 2 atom stereocenters. The minimum atomic E-state index is -0.794. The third-order valence-corrected chi connectivity index (χ3v) is 3.49. The lowest BCUT2D eigenvalue weighted by Gasteiger charge is -2.21. The highest BCUT2D eigenvalue weighted by Crippen LogP contribution is 2.38. The van der Waals surface area contributed by atoms with Crippen molar-refractivity contribution in [3.8, 4) is 11.8 Å². The first kappa shape index (κ1) is 14.9. The van der Waals surface area contributed by atoms with E-state index in [-0.39, 0.29) is 5.78 Å².